The Morgan fingerprint density at radius 2 is 1.74 bits per heavy atom. The summed E-state index contributed by atoms with van der Waals surface area (Å²) in [6.07, 6.45) is 1.65. The van der Waals surface area contributed by atoms with E-state index in [2.05, 4.69) is 0 Å². The lowest BCUT2D eigenvalue weighted by Crippen LogP contribution is -2.42. The molecule has 0 fully saturated rings. The van der Waals surface area contributed by atoms with Crippen molar-refractivity contribution in [3.05, 3.63) is 41.7 Å². The summed E-state index contributed by atoms with van der Waals surface area (Å²) in [7, 11) is 0. The smallest absolute Gasteiger partial charge is 0.338 e. The van der Waals surface area contributed by atoms with Gasteiger partial charge in [-0.15, -0.1) is 0 Å². The van der Waals surface area contributed by atoms with E-state index in [0.29, 0.717) is 11.6 Å². The second kappa shape index (κ2) is 6.41. The number of hydrogen-bond donors (Lipinski definition) is 0. The maximum absolute atomic E-state index is 13.7. The minimum Gasteiger partial charge on any atom is -0.338 e. The van der Waals surface area contributed by atoms with E-state index in [1.807, 2.05) is 0 Å². The Balaban J connectivity index is 2.83. The van der Waals surface area contributed by atoms with E-state index in [0.717, 1.165) is 11.0 Å². The molecule has 0 saturated carbocycles. The fourth-order valence-corrected chi connectivity index (χ4v) is 1.57. The Labute approximate surface area is 110 Å². The first-order valence-electron chi connectivity index (χ1n) is 6.02. The van der Waals surface area contributed by atoms with E-state index in [1.165, 1.54) is 24.3 Å². The SMILES string of the molecule is CCN(CC)C(=O)C(F)(F)/C=C/c1ccc(F)cc1. The van der Waals surface area contributed by atoms with Crippen LogP contribution < -0.4 is 0 Å². The normalized spacial score (nSPS) is 11.8. The zero-order chi connectivity index (χ0) is 14.5. The van der Waals surface area contributed by atoms with Gasteiger partial charge in [0.1, 0.15) is 5.82 Å². The second-order valence-corrected chi connectivity index (χ2v) is 3.99. The zero-order valence-corrected chi connectivity index (χ0v) is 10.9. The largest absolute Gasteiger partial charge is 0.343 e. The number of alkyl halides is 2. The lowest BCUT2D eigenvalue weighted by molar-refractivity contribution is -0.150. The van der Waals surface area contributed by atoms with Crippen molar-refractivity contribution in [2.45, 2.75) is 19.8 Å². The molecule has 0 heterocycles. The van der Waals surface area contributed by atoms with Gasteiger partial charge in [0.25, 0.3) is 5.91 Å². The lowest BCUT2D eigenvalue weighted by atomic mass is 10.1. The van der Waals surface area contributed by atoms with Crippen LogP contribution in [0.15, 0.2) is 30.3 Å². The van der Waals surface area contributed by atoms with Gasteiger partial charge in [-0.05, 0) is 37.6 Å². The van der Waals surface area contributed by atoms with E-state index < -0.39 is 17.6 Å². The third-order valence-electron chi connectivity index (χ3n) is 2.69. The molecule has 1 amide bonds. The Morgan fingerprint density at radius 1 is 1.21 bits per heavy atom. The summed E-state index contributed by atoms with van der Waals surface area (Å²) in [5.74, 6) is -5.22. The Hall–Kier alpha value is -1.78. The van der Waals surface area contributed by atoms with Crippen molar-refractivity contribution in [2.24, 2.45) is 0 Å². The highest BCUT2D eigenvalue weighted by molar-refractivity contribution is 5.86. The molecule has 0 aromatic heterocycles. The van der Waals surface area contributed by atoms with Crippen LogP contribution in [0.1, 0.15) is 19.4 Å². The highest BCUT2D eigenvalue weighted by Crippen LogP contribution is 2.20. The fraction of sp³-hybridized carbons (Fsp3) is 0.357. The quantitative estimate of drug-likeness (QED) is 0.804. The first kappa shape index (κ1) is 15.3. The minimum absolute atomic E-state index is 0.231. The molecule has 1 aromatic carbocycles. The summed E-state index contributed by atoms with van der Waals surface area (Å²) >= 11 is 0. The monoisotopic (exact) mass is 271 g/mol. The second-order valence-electron chi connectivity index (χ2n) is 3.99. The van der Waals surface area contributed by atoms with Gasteiger partial charge in [-0.3, -0.25) is 4.79 Å². The van der Waals surface area contributed by atoms with Crippen molar-refractivity contribution in [1.29, 1.82) is 0 Å². The molecule has 0 atom stereocenters. The average molecular weight is 271 g/mol. The van der Waals surface area contributed by atoms with Crippen LogP contribution in [0.4, 0.5) is 13.2 Å². The van der Waals surface area contributed by atoms with Gasteiger partial charge in [0.15, 0.2) is 0 Å². The molecule has 0 spiro atoms. The van der Waals surface area contributed by atoms with Crippen LogP contribution in [0.25, 0.3) is 6.08 Å². The van der Waals surface area contributed by atoms with Gasteiger partial charge in [0, 0.05) is 13.1 Å². The summed E-state index contributed by atoms with van der Waals surface area (Å²) in [5.41, 5.74) is 0.411. The molecule has 0 unspecified atom stereocenters. The number of rotatable bonds is 5. The summed E-state index contributed by atoms with van der Waals surface area (Å²) in [5, 5.41) is 0. The van der Waals surface area contributed by atoms with E-state index in [9.17, 15) is 18.0 Å². The number of benzene rings is 1. The Bertz CT molecular complexity index is 450. The molecule has 1 aromatic rings. The number of carbonyl (C=O) groups is 1. The number of nitrogens with zero attached hydrogens (tertiary/aromatic N) is 1. The lowest BCUT2D eigenvalue weighted by Gasteiger charge is -2.22. The molecule has 0 aliphatic rings. The number of halogens is 3. The first-order valence-corrected chi connectivity index (χ1v) is 6.02. The van der Waals surface area contributed by atoms with Crippen LogP contribution in [0.2, 0.25) is 0 Å². The Morgan fingerprint density at radius 3 is 2.21 bits per heavy atom. The molecular formula is C14H16F3NO. The molecular weight excluding hydrogens is 255 g/mol. The molecule has 5 heteroatoms. The molecule has 0 saturated heterocycles. The van der Waals surface area contributed by atoms with Gasteiger partial charge in [-0.25, -0.2) is 4.39 Å². The number of hydrogen-bond acceptors (Lipinski definition) is 1. The van der Waals surface area contributed by atoms with E-state index >= 15 is 0 Å². The molecule has 0 N–H and O–H groups in total. The van der Waals surface area contributed by atoms with E-state index in [-0.39, 0.29) is 13.1 Å². The van der Waals surface area contributed by atoms with Crippen LogP contribution >= 0.6 is 0 Å². The topological polar surface area (TPSA) is 20.3 Å². The summed E-state index contributed by atoms with van der Waals surface area (Å²) in [4.78, 5) is 12.6. The van der Waals surface area contributed by atoms with E-state index in [4.69, 9.17) is 0 Å². The van der Waals surface area contributed by atoms with Crippen molar-refractivity contribution >= 4 is 12.0 Å². The zero-order valence-electron chi connectivity index (χ0n) is 10.9. The molecule has 104 valence electrons. The predicted molar refractivity (Wildman–Crippen MR) is 68.3 cm³/mol. The van der Waals surface area contributed by atoms with Gasteiger partial charge < -0.3 is 4.90 Å². The summed E-state index contributed by atoms with van der Waals surface area (Å²) in [6.45, 7) is 3.74. The molecule has 0 aliphatic carbocycles. The number of amides is 1. The summed E-state index contributed by atoms with van der Waals surface area (Å²) in [6, 6.07) is 5.07. The van der Waals surface area contributed by atoms with Gasteiger partial charge in [0.05, 0.1) is 0 Å². The minimum atomic E-state index is -3.56. The third kappa shape index (κ3) is 4.12. The Kier molecular flexibility index (Phi) is 5.15. The van der Waals surface area contributed by atoms with Crippen LogP contribution in [-0.2, 0) is 4.79 Å². The van der Waals surface area contributed by atoms with Crippen LogP contribution in [0.3, 0.4) is 0 Å². The third-order valence-corrected chi connectivity index (χ3v) is 2.69. The molecule has 19 heavy (non-hydrogen) atoms. The van der Waals surface area contributed by atoms with Crippen molar-refractivity contribution in [1.82, 2.24) is 4.90 Å². The maximum Gasteiger partial charge on any atom is 0.343 e. The average Bonchev–Trinajstić information content (AvgIpc) is 2.39. The van der Waals surface area contributed by atoms with Gasteiger partial charge in [-0.2, -0.15) is 8.78 Å². The van der Waals surface area contributed by atoms with Gasteiger partial charge in [-0.1, -0.05) is 18.2 Å². The summed E-state index contributed by atoms with van der Waals surface area (Å²) < 4.78 is 40.0. The maximum atomic E-state index is 13.7. The van der Waals surface area contributed by atoms with Crippen LogP contribution in [0.5, 0.6) is 0 Å². The molecule has 0 aliphatic heterocycles. The highest BCUT2D eigenvalue weighted by Gasteiger charge is 2.38. The predicted octanol–water partition coefficient (Wildman–Crippen LogP) is 3.34. The fourth-order valence-electron chi connectivity index (χ4n) is 1.57. The van der Waals surface area contributed by atoms with E-state index in [1.54, 1.807) is 13.8 Å². The molecule has 0 bridgehead atoms. The highest BCUT2D eigenvalue weighted by atomic mass is 19.3. The molecule has 0 radical (unpaired) electrons. The number of carbonyl (C=O) groups excluding carboxylic acids is 1. The van der Waals surface area contributed by atoms with Crippen molar-refractivity contribution in [3.8, 4) is 0 Å². The van der Waals surface area contributed by atoms with Crippen LogP contribution in [-0.4, -0.2) is 29.8 Å². The first-order chi connectivity index (χ1) is 8.90. The van der Waals surface area contributed by atoms with Gasteiger partial charge in [0.2, 0.25) is 0 Å². The molecule has 2 nitrogen and oxygen atoms in total. The molecule has 1 rings (SSSR count). The van der Waals surface area contributed by atoms with Crippen LogP contribution in [0, 0.1) is 5.82 Å². The van der Waals surface area contributed by atoms with Crippen molar-refractivity contribution in [2.75, 3.05) is 13.1 Å². The van der Waals surface area contributed by atoms with Crippen molar-refractivity contribution in [3.63, 3.8) is 0 Å². The van der Waals surface area contributed by atoms with Crippen molar-refractivity contribution < 1.29 is 18.0 Å². The van der Waals surface area contributed by atoms with Gasteiger partial charge >= 0.3 is 5.92 Å². The standard InChI is InChI=1S/C14H16F3NO/c1-3-18(4-2)13(19)14(16,17)10-9-11-5-7-12(15)8-6-11/h5-10H,3-4H2,1-2H3/b10-9+.